The van der Waals surface area contributed by atoms with Crippen LogP contribution in [0.4, 0.5) is 0 Å². The largest absolute Gasteiger partial charge is 0.481 e. The molecule has 3 aromatic rings. The Balaban J connectivity index is 1.75. The molecule has 0 bridgehead atoms. The van der Waals surface area contributed by atoms with E-state index in [-0.39, 0.29) is 13.2 Å². The van der Waals surface area contributed by atoms with Crippen LogP contribution in [0.15, 0.2) is 51.7 Å². The van der Waals surface area contributed by atoms with E-state index in [9.17, 15) is 14.4 Å². The molecule has 0 aliphatic rings. The van der Waals surface area contributed by atoms with Crippen molar-refractivity contribution in [3.8, 4) is 5.75 Å². The number of esters is 1. The molecular weight excluding hydrogens is 372 g/mol. The monoisotopic (exact) mass is 394 g/mol. The third-order valence-corrected chi connectivity index (χ3v) is 4.62. The van der Waals surface area contributed by atoms with E-state index < -0.39 is 11.6 Å². The predicted molar refractivity (Wildman–Crippen MR) is 108 cm³/mol. The van der Waals surface area contributed by atoms with Gasteiger partial charge < -0.3 is 13.9 Å². The molecule has 1 heterocycles. The van der Waals surface area contributed by atoms with Crippen LogP contribution in [0, 0.1) is 6.92 Å². The van der Waals surface area contributed by atoms with Gasteiger partial charge in [-0.25, -0.2) is 9.59 Å². The number of aryl methyl sites for hydroxylation is 1. The normalized spacial score (nSPS) is 10.9. The number of hydrogen-bond acceptors (Lipinski definition) is 6. The zero-order chi connectivity index (χ0) is 21.0. The van der Waals surface area contributed by atoms with Crippen molar-refractivity contribution in [1.82, 2.24) is 0 Å². The molecule has 150 valence electrons. The lowest BCUT2D eigenvalue weighted by atomic mass is 9.95. The molecule has 2 aromatic carbocycles. The van der Waals surface area contributed by atoms with Crippen LogP contribution < -0.4 is 10.4 Å². The maximum Gasteiger partial charge on any atom is 0.344 e. The Labute approximate surface area is 168 Å². The molecule has 6 heteroatoms. The molecule has 0 unspecified atom stereocenters. The summed E-state index contributed by atoms with van der Waals surface area (Å²) in [5.41, 5.74) is 3.04. The molecule has 0 spiro atoms. The van der Waals surface area contributed by atoms with Gasteiger partial charge in [0.25, 0.3) is 0 Å². The van der Waals surface area contributed by atoms with Crippen molar-refractivity contribution in [1.29, 1.82) is 0 Å². The van der Waals surface area contributed by atoms with Crippen LogP contribution in [0.1, 0.15) is 46.8 Å². The Hall–Kier alpha value is -3.41. The van der Waals surface area contributed by atoms with Crippen molar-refractivity contribution in [3.63, 3.8) is 0 Å². The summed E-state index contributed by atoms with van der Waals surface area (Å²) < 4.78 is 16.0. The van der Waals surface area contributed by atoms with Crippen molar-refractivity contribution < 1.29 is 23.5 Å². The van der Waals surface area contributed by atoms with Crippen molar-refractivity contribution in [2.75, 3.05) is 6.61 Å². The van der Waals surface area contributed by atoms with Gasteiger partial charge in [0.15, 0.2) is 12.9 Å². The topological polar surface area (TPSA) is 82.8 Å². The highest BCUT2D eigenvalue weighted by molar-refractivity contribution is 5.82. The number of hydrogen-bond donors (Lipinski definition) is 0. The van der Waals surface area contributed by atoms with Crippen LogP contribution in [0.25, 0.3) is 11.0 Å². The Morgan fingerprint density at radius 2 is 1.93 bits per heavy atom. The van der Waals surface area contributed by atoms with E-state index in [0.29, 0.717) is 34.7 Å². The third-order valence-electron chi connectivity index (χ3n) is 4.62. The van der Waals surface area contributed by atoms with E-state index in [0.717, 1.165) is 16.5 Å². The van der Waals surface area contributed by atoms with Crippen LogP contribution in [-0.4, -0.2) is 18.9 Å². The second kappa shape index (κ2) is 8.73. The summed E-state index contributed by atoms with van der Waals surface area (Å²) in [6, 6.07) is 11.7. The van der Waals surface area contributed by atoms with Crippen molar-refractivity contribution >= 4 is 23.2 Å². The summed E-state index contributed by atoms with van der Waals surface area (Å²) in [5.74, 6) is -0.00129. The Morgan fingerprint density at radius 3 is 2.66 bits per heavy atom. The summed E-state index contributed by atoms with van der Waals surface area (Å²) in [7, 11) is 0. The van der Waals surface area contributed by atoms with Gasteiger partial charge in [-0.3, -0.25) is 4.79 Å². The first kappa shape index (κ1) is 20.3. The van der Waals surface area contributed by atoms with E-state index >= 15 is 0 Å². The molecule has 0 aliphatic carbocycles. The fourth-order valence-corrected chi connectivity index (χ4v) is 3.18. The van der Waals surface area contributed by atoms with Crippen LogP contribution >= 0.6 is 0 Å². The molecule has 0 N–H and O–H groups in total. The first-order chi connectivity index (χ1) is 13.9. The number of rotatable bonds is 7. The van der Waals surface area contributed by atoms with Gasteiger partial charge in [-0.05, 0) is 48.2 Å². The van der Waals surface area contributed by atoms with Crippen molar-refractivity contribution in [2.45, 2.75) is 33.3 Å². The van der Waals surface area contributed by atoms with Crippen LogP contribution in [-0.2, 0) is 16.1 Å². The van der Waals surface area contributed by atoms with Gasteiger partial charge >= 0.3 is 11.6 Å². The Kier molecular flexibility index (Phi) is 6.12. The minimum absolute atomic E-state index is 0.0831. The Bertz CT molecular complexity index is 1110. The van der Waals surface area contributed by atoms with Gasteiger partial charge in [-0.15, -0.1) is 0 Å². The zero-order valence-corrected chi connectivity index (χ0v) is 16.6. The molecule has 29 heavy (non-hydrogen) atoms. The lowest BCUT2D eigenvalue weighted by molar-refractivity contribution is -0.147. The number of aldehydes is 1. The molecule has 0 aliphatic heterocycles. The fraction of sp³-hybridized carbons (Fsp3) is 0.261. The van der Waals surface area contributed by atoms with Gasteiger partial charge in [-0.1, -0.05) is 26.0 Å². The quantitative estimate of drug-likeness (QED) is 0.340. The number of carbonyl (C=O) groups excluding carboxylic acids is 2. The summed E-state index contributed by atoms with van der Waals surface area (Å²) in [5, 5.41) is 0.735. The maximum atomic E-state index is 12.1. The highest BCUT2D eigenvalue weighted by Crippen LogP contribution is 2.27. The van der Waals surface area contributed by atoms with Gasteiger partial charge in [0.1, 0.15) is 17.9 Å². The highest BCUT2D eigenvalue weighted by Gasteiger charge is 2.13. The van der Waals surface area contributed by atoms with Crippen molar-refractivity contribution in [3.05, 3.63) is 75.1 Å². The van der Waals surface area contributed by atoms with Gasteiger partial charge in [0.2, 0.25) is 0 Å². The second-order valence-electron chi connectivity index (χ2n) is 7.06. The molecule has 1 aromatic heterocycles. The maximum absolute atomic E-state index is 12.1. The van der Waals surface area contributed by atoms with E-state index in [1.807, 2.05) is 19.1 Å². The number of fused-ring (bicyclic) bond motifs is 1. The smallest absolute Gasteiger partial charge is 0.344 e. The van der Waals surface area contributed by atoms with Crippen LogP contribution in [0.2, 0.25) is 0 Å². The van der Waals surface area contributed by atoms with E-state index in [4.69, 9.17) is 13.9 Å². The SMILES string of the molecule is Cc1cc2oc(=O)cc(COC(=O)COc3ccccc3C=O)c2cc1C(C)C. The van der Waals surface area contributed by atoms with Gasteiger partial charge in [0.05, 0.1) is 5.56 Å². The molecule has 0 atom stereocenters. The Morgan fingerprint density at radius 1 is 1.17 bits per heavy atom. The summed E-state index contributed by atoms with van der Waals surface area (Å²) in [6.45, 7) is 5.71. The first-order valence-corrected chi connectivity index (χ1v) is 9.29. The summed E-state index contributed by atoms with van der Waals surface area (Å²) >= 11 is 0. The zero-order valence-electron chi connectivity index (χ0n) is 16.6. The predicted octanol–water partition coefficient (Wildman–Crippen LogP) is 4.16. The van der Waals surface area contributed by atoms with Gasteiger partial charge in [-0.2, -0.15) is 0 Å². The van der Waals surface area contributed by atoms with E-state index in [1.165, 1.54) is 6.07 Å². The molecule has 3 rings (SSSR count). The standard InChI is InChI=1S/C23H22O6/c1-14(2)18-10-19-17(9-22(25)29-21(19)8-15(18)3)12-28-23(26)13-27-20-7-5-4-6-16(20)11-24/h4-11,14H,12-13H2,1-3H3. The molecule has 0 saturated carbocycles. The number of ether oxygens (including phenoxy) is 2. The van der Waals surface area contributed by atoms with E-state index in [2.05, 4.69) is 13.8 Å². The summed E-state index contributed by atoms with van der Waals surface area (Å²) in [4.78, 5) is 35.0. The highest BCUT2D eigenvalue weighted by atomic mass is 16.6. The number of benzene rings is 2. The molecular formula is C23H22O6. The second-order valence-corrected chi connectivity index (χ2v) is 7.06. The number of carbonyl (C=O) groups is 2. The first-order valence-electron chi connectivity index (χ1n) is 9.29. The minimum Gasteiger partial charge on any atom is -0.481 e. The minimum atomic E-state index is -0.608. The molecule has 0 fully saturated rings. The van der Waals surface area contributed by atoms with Crippen LogP contribution in [0.5, 0.6) is 5.75 Å². The van der Waals surface area contributed by atoms with Gasteiger partial charge in [0, 0.05) is 17.0 Å². The average molecular weight is 394 g/mol. The lowest BCUT2D eigenvalue weighted by Crippen LogP contribution is -2.16. The van der Waals surface area contributed by atoms with Crippen LogP contribution in [0.3, 0.4) is 0 Å². The summed E-state index contributed by atoms with van der Waals surface area (Å²) in [6.07, 6.45) is 0.657. The third kappa shape index (κ3) is 4.71. The lowest BCUT2D eigenvalue weighted by Gasteiger charge is -2.13. The van der Waals surface area contributed by atoms with Crippen molar-refractivity contribution in [2.24, 2.45) is 0 Å². The molecule has 0 amide bonds. The average Bonchev–Trinajstić information content (AvgIpc) is 2.69. The fourth-order valence-electron chi connectivity index (χ4n) is 3.18. The molecule has 0 radical (unpaired) electrons. The number of para-hydroxylation sites is 1. The van der Waals surface area contributed by atoms with E-state index in [1.54, 1.807) is 24.3 Å². The molecule has 0 saturated heterocycles. The molecule has 6 nitrogen and oxygen atoms in total.